The molecule has 0 spiro atoms. The van der Waals surface area contributed by atoms with E-state index in [1.54, 1.807) is 17.3 Å². The third-order valence-electron chi connectivity index (χ3n) is 4.51. The van der Waals surface area contributed by atoms with Gasteiger partial charge in [-0.2, -0.15) is 4.37 Å². The molecule has 4 rings (SSSR count). The summed E-state index contributed by atoms with van der Waals surface area (Å²) in [6, 6.07) is 11.3. The van der Waals surface area contributed by atoms with Gasteiger partial charge in [0.15, 0.2) is 0 Å². The predicted octanol–water partition coefficient (Wildman–Crippen LogP) is 3.63. The molecule has 1 fully saturated rings. The van der Waals surface area contributed by atoms with Crippen molar-refractivity contribution in [1.82, 2.24) is 18.6 Å². The van der Waals surface area contributed by atoms with Crippen LogP contribution in [0, 0.1) is 0 Å². The van der Waals surface area contributed by atoms with E-state index in [2.05, 4.69) is 39.9 Å². The quantitative estimate of drug-likeness (QED) is 0.607. The van der Waals surface area contributed by atoms with E-state index in [-0.39, 0.29) is 6.03 Å². The molecular weight excluding hydrogens is 456 g/mol. The Bertz CT molecular complexity index is 962. The average Bonchev–Trinajstić information content (AvgIpc) is 3.22. The summed E-state index contributed by atoms with van der Waals surface area (Å²) in [6.07, 6.45) is 3.47. The lowest BCUT2D eigenvalue weighted by Crippen LogP contribution is -2.50. The Balaban J connectivity index is 1.32. The summed E-state index contributed by atoms with van der Waals surface area (Å²) >= 11 is 4.54. The first-order valence-electron chi connectivity index (χ1n) is 9.10. The minimum absolute atomic E-state index is 0.103. The number of pyridine rings is 1. The summed E-state index contributed by atoms with van der Waals surface area (Å²) in [5.41, 5.74) is 1.79. The number of anilines is 2. The van der Waals surface area contributed by atoms with Crippen molar-refractivity contribution in [3.05, 3.63) is 58.8 Å². The molecule has 8 nitrogen and oxygen atoms in total. The third kappa shape index (κ3) is 5.01. The number of benzene rings is 1. The van der Waals surface area contributed by atoms with E-state index < -0.39 is 0 Å². The van der Waals surface area contributed by atoms with Gasteiger partial charge < -0.3 is 19.9 Å². The van der Waals surface area contributed by atoms with E-state index in [0.717, 1.165) is 33.3 Å². The van der Waals surface area contributed by atoms with E-state index >= 15 is 0 Å². The smallest absolute Gasteiger partial charge is 0.321 e. The summed E-state index contributed by atoms with van der Waals surface area (Å²) in [7, 11) is 0. The SMILES string of the molecule is O=C(Nc1cccc(Br)c1)N1CCN(c2nsnc2OCc2ccncc2)CC1. The maximum atomic E-state index is 12.5. The molecule has 1 aromatic carbocycles. The number of nitrogens with one attached hydrogen (secondary N) is 1. The van der Waals surface area contributed by atoms with E-state index in [1.165, 1.54) is 0 Å². The average molecular weight is 475 g/mol. The highest BCUT2D eigenvalue weighted by Gasteiger charge is 2.25. The summed E-state index contributed by atoms with van der Waals surface area (Å²) in [6.45, 7) is 2.95. The molecular formula is C19H19BrN6O2S. The molecule has 150 valence electrons. The molecule has 0 unspecified atom stereocenters. The van der Waals surface area contributed by atoms with Gasteiger partial charge in [0.05, 0.1) is 11.7 Å². The van der Waals surface area contributed by atoms with Crippen molar-refractivity contribution in [2.45, 2.75) is 6.61 Å². The molecule has 1 saturated heterocycles. The number of nitrogens with zero attached hydrogens (tertiary/aromatic N) is 5. The number of ether oxygens (including phenoxy) is 1. The van der Waals surface area contributed by atoms with Crippen LogP contribution >= 0.6 is 27.7 Å². The lowest BCUT2D eigenvalue weighted by molar-refractivity contribution is 0.208. The first kappa shape index (κ1) is 19.6. The van der Waals surface area contributed by atoms with Gasteiger partial charge in [0.1, 0.15) is 6.61 Å². The molecule has 3 aromatic rings. The van der Waals surface area contributed by atoms with Crippen molar-refractivity contribution < 1.29 is 9.53 Å². The number of halogens is 1. The fourth-order valence-electron chi connectivity index (χ4n) is 2.98. The number of urea groups is 1. The van der Waals surface area contributed by atoms with Gasteiger partial charge in [-0.05, 0) is 35.9 Å². The Morgan fingerprint density at radius 1 is 1.14 bits per heavy atom. The summed E-state index contributed by atoms with van der Waals surface area (Å²) in [5.74, 6) is 1.26. The van der Waals surface area contributed by atoms with Crippen LogP contribution in [0.4, 0.5) is 16.3 Å². The van der Waals surface area contributed by atoms with Crippen molar-refractivity contribution in [1.29, 1.82) is 0 Å². The van der Waals surface area contributed by atoms with Gasteiger partial charge in [-0.3, -0.25) is 4.98 Å². The minimum Gasteiger partial charge on any atom is -0.470 e. The lowest BCUT2D eigenvalue weighted by atomic mass is 10.3. The Hall–Kier alpha value is -2.72. The molecule has 10 heteroatoms. The zero-order valence-electron chi connectivity index (χ0n) is 15.5. The van der Waals surface area contributed by atoms with Crippen LogP contribution in [0.3, 0.4) is 0 Å². The fourth-order valence-corrected chi connectivity index (χ4v) is 3.90. The Morgan fingerprint density at radius 3 is 2.69 bits per heavy atom. The zero-order chi connectivity index (χ0) is 20.1. The van der Waals surface area contributed by atoms with Crippen LogP contribution in [-0.4, -0.2) is 50.8 Å². The van der Waals surface area contributed by atoms with Crippen LogP contribution in [0.25, 0.3) is 0 Å². The van der Waals surface area contributed by atoms with Crippen LogP contribution < -0.4 is 15.0 Å². The maximum absolute atomic E-state index is 12.5. The molecule has 0 saturated carbocycles. The van der Waals surface area contributed by atoms with Crippen molar-refractivity contribution in [3.8, 4) is 5.88 Å². The topological polar surface area (TPSA) is 83.5 Å². The largest absolute Gasteiger partial charge is 0.470 e. The first-order valence-corrected chi connectivity index (χ1v) is 10.6. The molecule has 29 heavy (non-hydrogen) atoms. The van der Waals surface area contributed by atoms with E-state index in [0.29, 0.717) is 38.7 Å². The molecule has 0 radical (unpaired) electrons. The van der Waals surface area contributed by atoms with Crippen LogP contribution in [-0.2, 0) is 6.61 Å². The molecule has 0 aliphatic carbocycles. The second-order valence-electron chi connectivity index (χ2n) is 6.45. The summed E-state index contributed by atoms with van der Waals surface area (Å²) in [4.78, 5) is 20.4. The Morgan fingerprint density at radius 2 is 1.93 bits per heavy atom. The lowest BCUT2D eigenvalue weighted by Gasteiger charge is -2.34. The van der Waals surface area contributed by atoms with Gasteiger partial charge in [-0.25, -0.2) is 4.79 Å². The molecule has 1 aliphatic rings. The second kappa shape index (κ2) is 9.19. The van der Waals surface area contributed by atoms with Crippen LogP contribution in [0.15, 0.2) is 53.3 Å². The number of piperazine rings is 1. The van der Waals surface area contributed by atoms with E-state index in [4.69, 9.17) is 4.74 Å². The summed E-state index contributed by atoms with van der Waals surface area (Å²) < 4.78 is 15.4. The molecule has 3 heterocycles. The Kier molecular flexibility index (Phi) is 6.20. The molecule has 0 bridgehead atoms. The number of hydrogen-bond donors (Lipinski definition) is 1. The summed E-state index contributed by atoms with van der Waals surface area (Å²) in [5, 5.41) is 2.93. The zero-order valence-corrected chi connectivity index (χ0v) is 17.9. The van der Waals surface area contributed by atoms with E-state index in [9.17, 15) is 4.79 Å². The molecule has 1 N–H and O–H groups in total. The molecule has 2 aromatic heterocycles. The molecule has 0 atom stereocenters. The standard InChI is InChI=1S/C19H19BrN6O2S/c20-15-2-1-3-16(12-15)22-19(27)26-10-8-25(9-11-26)17-18(24-29-23-17)28-13-14-4-6-21-7-5-14/h1-7,12H,8-11,13H2,(H,22,27). The number of amides is 2. The monoisotopic (exact) mass is 474 g/mol. The normalized spacial score (nSPS) is 14.0. The van der Waals surface area contributed by atoms with Crippen LogP contribution in [0.1, 0.15) is 5.56 Å². The number of carbonyl (C=O) groups excluding carboxylic acids is 1. The van der Waals surface area contributed by atoms with Gasteiger partial charge in [0.2, 0.25) is 5.82 Å². The van der Waals surface area contributed by atoms with Gasteiger partial charge in [0, 0.05) is 48.7 Å². The van der Waals surface area contributed by atoms with Gasteiger partial charge >= 0.3 is 6.03 Å². The van der Waals surface area contributed by atoms with Crippen molar-refractivity contribution >= 4 is 45.2 Å². The fraction of sp³-hybridized carbons (Fsp3) is 0.263. The van der Waals surface area contributed by atoms with Gasteiger partial charge in [0.25, 0.3) is 5.88 Å². The van der Waals surface area contributed by atoms with Gasteiger partial charge in [-0.1, -0.05) is 22.0 Å². The number of rotatable bonds is 5. The highest BCUT2D eigenvalue weighted by Crippen LogP contribution is 2.27. The predicted molar refractivity (Wildman–Crippen MR) is 115 cm³/mol. The van der Waals surface area contributed by atoms with Crippen molar-refractivity contribution in [2.24, 2.45) is 0 Å². The number of carbonyl (C=O) groups is 1. The highest BCUT2D eigenvalue weighted by atomic mass is 79.9. The molecule has 2 amide bonds. The van der Waals surface area contributed by atoms with Crippen LogP contribution in [0.5, 0.6) is 5.88 Å². The van der Waals surface area contributed by atoms with E-state index in [1.807, 2.05) is 36.4 Å². The third-order valence-corrected chi connectivity index (χ3v) is 5.50. The minimum atomic E-state index is -0.103. The van der Waals surface area contributed by atoms with Crippen molar-refractivity contribution in [2.75, 3.05) is 36.4 Å². The van der Waals surface area contributed by atoms with Gasteiger partial charge in [-0.15, -0.1) is 4.37 Å². The number of aromatic nitrogens is 3. The molecule has 1 aliphatic heterocycles. The van der Waals surface area contributed by atoms with Crippen molar-refractivity contribution in [3.63, 3.8) is 0 Å². The first-order chi connectivity index (χ1) is 14.2. The number of hydrogen-bond acceptors (Lipinski definition) is 7. The Labute approximate surface area is 181 Å². The highest BCUT2D eigenvalue weighted by molar-refractivity contribution is 9.10. The second-order valence-corrected chi connectivity index (χ2v) is 7.90. The van der Waals surface area contributed by atoms with Crippen LogP contribution in [0.2, 0.25) is 0 Å². The maximum Gasteiger partial charge on any atom is 0.321 e.